The van der Waals surface area contributed by atoms with Crippen LogP contribution in [-0.4, -0.2) is 26.4 Å². The molecule has 0 saturated carbocycles. The quantitative estimate of drug-likeness (QED) is 0.504. The minimum atomic E-state index is -1.63. The molecular formula is C14H15N4O4+. The van der Waals surface area contributed by atoms with Crippen LogP contribution in [0.2, 0.25) is 0 Å². The second-order valence-corrected chi connectivity index (χ2v) is 5.90. The van der Waals surface area contributed by atoms with Crippen molar-refractivity contribution in [3.63, 3.8) is 0 Å². The zero-order valence-corrected chi connectivity index (χ0v) is 11.7. The van der Waals surface area contributed by atoms with Crippen LogP contribution in [0, 0.1) is 10.4 Å². The van der Waals surface area contributed by atoms with Crippen molar-refractivity contribution in [2.75, 3.05) is 0 Å². The summed E-state index contributed by atoms with van der Waals surface area (Å²) in [5, 5.41) is 39.2. The van der Waals surface area contributed by atoms with Crippen LogP contribution >= 0.6 is 0 Å². The van der Waals surface area contributed by atoms with Gasteiger partial charge in [0.25, 0.3) is 11.3 Å². The number of aliphatic hydroxyl groups is 1. The first-order valence-electron chi connectivity index (χ1n) is 7.03. The maximum Gasteiger partial charge on any atom is 0.332 e. The van der Waals surface area contributed by atoms with E-state index in [0.717, 1.165) is 10.3 Å². The zero-order valence-electron chi connectivity index (χ0n) is 11.7. The van der Waals surface area contributed by atoms with Crippen molar-refractivity contribution in [2.45, 2.75) is 30.5 Å². The fraction of sp³-hybridized carbons (Fsp3) is 0.357. The minimum absolute atomic E-state index is 0.0452. The summed E-state index contributed by atoms with van der Waals surface area (Å²) in [5.41, 5.74) is 2.59. The number of benzene rings is 1. The van der Waals surface area contributed by atoms with E-state index in [0.29, 0.717) is 10.6 Å². The Morgan fingerprint density at radius 3 is 2.73 bits per heavy atom. The van der Waals surface area contributed by atoms with E-state index in [1.54, 1.807) is 0 Å². The van der Waals surface area contributed by atoms with E-state index >= 15 is 0 Å². The Morgan fingerprint density at radius 2 is 2.00 bits per heavy atom. The molecule has 1 aliphatic heterocycles. The van der Waals surface area contributed by atoms with Gasteiger partial charge in [0.05, 0.1) is 12.8 Å². The predicted octanol–water partition coefficient (Wildman–Crippen LogP) is -1.22. The molecule has 2 aliphatic rings. The average Bonchev–Trinajstić information content (AvgIpc) is 3.00. The molecule has 114 valence electrons. The molecule has 0 unspecified atom stereocenters. The zero-order chi connectivity index (χ0) is 15.5. The minimum Gasteiger partial charge on any atom is -0.619 e. The van der Waals surface area contributed by atoms with Gasteiger partial charge in [0, 0.05) is 17.1 Å². The predicted molar refractivity (Wildman–Crippen MR) is 72.1 cm³/mol. The first-order chi connectivity index (χ1) is 10.5. The first kappa shape index (κ1) is 13.2. The fourth-order valence-electron chi connectivity index (χ4n) is 3.48. The largest absolute Gasteiger partial charge is 0.619 e. The van der Waals surface area contributed by atoms with E-state index in [2.05, 4.69) is 15.5 Å². The normalized spacial score (nSPS) is 30.3. The van der Waals surface area contributed by atoms with Gasteiger partial charge in [0.2, 0.25) is 11.4 Å². The van der Waals surface area contributed by atoms with Crippen molar-refractivity contribution in [1.29, 1.82) is 0 Å². The van der Waals surface area contributed by atoms with E-state index < -0.39 is 11.3 Å². The van der Waals surface area contributed by atoms with Crippen LogP contribution in [0.5, 0.6) is 0 Å². The molecule has 2 aromatic rings. The molecule has 0 fully saturated rings. The topological polar surface area (TPSA) is 127 Å². The standard InChI is InChI=1S/C14H14N4O4/c15-14-7-6-10-12(16-22-18(10)21)13(14,19)8-11(17(14)20)9-4-2-1-3-5-9/h1-5,19H,6-8,15H2/p+1/t13-,14+/m1/s1. The van der Waals surface area contributed by atoms with Crippen LogP contribution in [0.25, 0.3) is 0 Å². The van der Waals surface area contributed by atoms with Crippen molar-refractivity contribution < 1.29 is 25.1 Å². The number of quaternary nitrogens is 1. The Hall–Kier alpha value is -2.45. The molecule has 4 N–H and O–H groups in total. The first-order valence-corrected chi connectivity index (χ1v) is 7.03. The molecule has 1 aromatic heterocycles. The van der Waals surface area contributed by atoms with Crippen LogP contribution < -0.4 is 10.6 Å². The van der Waals surface area contributed by atoms with E-state index in [1.807, 2.05) is 30.3 Å². The maximum atomic E-state index is 12.8. The van der Waals surface area contributed by atoms with Crippen molar-refractivity contribution in [3.8, 4) is 0 Å². The summed E-state index contributed by atoms with van der Waals surface area (Å²) in [4.78, 5) is 0.294. The Balaban J connectivity index is 1.89. The van der Waals surface area contributed by atoms with E-state index in [-0.39, 0.29) is 30.7 Å². The summed E-state index contributed by atoms with van der Waals surface area (Å²) in [6.07, 6.45) is 0.582. The number of fused-ring (bicyclic) bond motifs is 3. The van der Waals surface area contributed by atoms with Gasteiger partial charge in [0.15, 0.2) is 0 Å². The maximum absolute atomic E-state index is 12.8. The van der Waals surface area contributed by atoms with Crippen molar-refractivity contribution in [2.24, 2.45) is 0 Å². The number of hydrogen-bond donors (Lipinski definition) is 2. The molecular weight excluding hydrogens is 288 g/mol. The van der Waals surface area contributed by atoms with Gasteiger partial charge >= 0.3 is 5.66 Å². The molecule has 4 rings (SSSR count). The molecule has 1 aliphatic carbocycles. The second kappa shape index (κ2) is 4.05. The Kier molecular flexibility index (Phi) is 2.44. The molecule has 0 saturated heterocycles. The summed E-state index contributed by atoms with van der Waals surface area (Å²) >= 11 is 0. The average molecular weight is 303 g/mol. The molecule has 0 bridgehead atoms. The molecule has 1 aromatic carbocycles. The summed E-state index contributed by atoms with van der Waals surface area (Å²) in [5.74, 6) is 0. The van der Waals surface area contributed by atoms with E-state index in [1.165, 1.54) is 0 Å². The number of hydroxylamine groups is 1. The lowest BCUT2D eigenvalue weighted by Crippen LogP contribution is -2.84. The Labute approximate surface area is 125 Å². The summed E-state index contributed by atoms with van der Waals surface area (Å²) < 4.78 is 5.38. The van der Waals surface area contributed by atoms with Crippen LogP contribution in [0.15, 0.2) is 35.0 Å². The number of rotatable bonds is 1. The summed E-state index contributed by atoms with van der Waals surface area (Å²) in [6.45, 7) is 0. The molecule has 0 spiro atoms. The molecule has 2 atom stereocenters. The van der Waals surface area contributed by atoms with Crippen LogP contribution in [-0.2, 0) is 12.0 Å². The molecule has 0 amide bonds. The lowest BCUT2D eigenvalue weighted by molar-refractivity contribution is -0.810. The van der Waals surface area contributed by atoms with Gasteiger partial charge in [-0.2, -0.15) is 0 Å². The van der Waals surface area contributed by atoms with Crippen molar-refractivity contribution in [1.82, 2.24) is 5.16 Å². The fourth-order valence-corrected chi connectivity index (χ4v) is 3.48. The van der Waals surface area contributed by atoms with Gasteiger partial charge in [-0.15, -0.1) is 4.74 Å². The number of aromatic nitrogens is 2. The summed E-state index contributed by atoms with van der Waals surface area (Å²) in [7, 11) is 0. The molecule has 0 radical (unpaired) electrons. The Morgan fingerprint density at radius 1 is 1.27 bits per heavy atom. The van der Waals surface area contributed by atoms with Crippen LogP contribution in [0.1, 0.15) is 29.8 Å². The molecule has 8 nitrogen and oxygen atoms in total. The highest BCUT2D eigenvalue weighted by molar-refractivity contribution is 5.98. The van der Waals surface area contributed by atoms with Gasteiger partial charge in [-0.1, -0.05) is 18.2 Å². The monoisotopic (exact) mass is 303 g/mol. The van der Waals surface area contributed by atoms with Gasteiger partial charge in [-0.25, -0.2) is 0 Å². The molecule has 2 heterocycles. The van der Waals surface area contributed by atoms with Gasteiger partial charge in [0.1, 0.15) is 0 Å². The molecule has 22 heavy (non-hydrogen) atoms. The van der Waals surface area contributed by atoms with Crippen LogP contribution in [0.3, 0.4) is 0 Å². The second-order valence-electron chi connectivity index (χ2n) is 5.90. The smallest absolute Gasteiger partial charge is 0.332 e. The van der Waals surface area contributed by atoms with Crippen molar-refractivity contribution in [3.05, 3.63) is 57.7 Å². The van der Waals surface area contributed by atoms with Gasteiger partial charge in [-0.3, -0.25) is 10.4 Å². The van der Waals surface area contributed by atoms with E-state index in [9.17, 15) is 15.5 Å². The number of nitrogens with zero attached hydrogens (tertiary/aromatic N) is 3. The third kappa shape index (κ3) is 1.40. The third-order valence-corrected chi connectivity index (χ3v) is 4.80. The summed E-state index contributed by atoms with van der Waals surface area (Å²) in [6, 6.07) is 9.12. The van der Waals surface area contributed by atoms with Crippen LogP contribution in [0.4, 0.5) is 0 Å². The van der Waals surface area contributed by atoms with E-state index in [4.69, 9.17) is 0 Å². The van der Waals surface area contributed by atoms with Gasteiger partial charge < -0.3 is 15.5 Å². The highest BCUT2D eigenvalue weighted by Gasteiger charge is 2.73. The Bertz CT molecular complexity index is 787. The van der Waals surface area contributed by atoms with Crippen molar-refractivity contribution >= 4 is 5.71 Å². The SMILES string of the molecule is [NH3+][C@]12CCc3c(no[n+]3[O-])[C@]1(O)CC(c1ccccc1)=[N+]2[O-]. The van der Waals surface area contributed by atoms with Gasteiger partial charge in [-0.05, 0) is 17.0 Å². The highest BCUT2D eigenvalue weighted by atomic mass is 16.8. The third-order valence-electron chi connectivity index (χ3n) is 4.80. The molecule has 8 heteroatoms. The lowest BCUT2D eigenvalue weighted by atomic mass is 9.75. The number of hydrogen-bond acceptors (Lipinski definition) is 5. The lowest BCUT2D eigenvalue weighted by Gasteiger charge is -2.32. The highest BCUT2D eigenvalue weighted by Crippen LogP contribution is 2.45.